The number of aromatic nitrogens is 1. The molecule has 9 heteroatoms. The van der Waals surface area contributed by atoms with Crippen LogP contribution in [0.4, 0.5) is 11.5 Å². The van der Waals surface area contributed by atoms with Crippen LogP contribution in [0, 0.1) is 0 Å². The molecule has 0 saturated heterocycles. The average molecular weight is 506 g/mol. The molecule has 1 heterocycles. The molecule has 3 aromatic carbocycles. The summed E-state index contributed by atoms with van der Waals surface area (Å²) in [5.74, 6) is -1.29. The van der Waals surface area contributed by atoms with Crippen LogP contribution >= 0.6 is 23.4 Å². The number of carboxylic acid groups (broad SMARTS) is 1. The van der Waals surface area contributed by atoms with E-state index in [9.17, 15) is 19.5 Å². The Morgan fingerprint density at radius 3 is 2.23 bits per heavy atom. The predicted molar refractivity (Wildman–Crippen MR) is 138 cm³/mol. The highest BCUT2D eigenvalue weighted by Crippen LogP contribution is 2.27. The first-order chi connectivity index (χ1) is 16.8. The number of anilines is 2. The zero-order valence-electron chi connectivity index (χ0n) is 18.5. The maximum absolute atomic E-state index is 13.0. The van der Waals surface area contributed by atoms with Gasteiger partial charge in [0.05, 0.1) is 15.8 Å². The molecule has 2 amide bonds. The van der Waals surface area contributed by atoms with Gasteiger partial charge in [-0.2, -0.15) is 0 Å². The van der Waals surface area contributed by atoms with Crippen molar-refractivity contribution in [1.29, 1.82) is 0 Å². The Hall–Kier alpha value is -3.88. The molecule has 0 spiro atoms. The number of benzene rings is 3. The van der Waals surface area contributed by atoms with Crippen LogP contribution in [0.25, 0.3) is 10.8 Å². The van der Waals surface area contributed by atoms with E-state index in [2.05, 4.69) is 15.6 Å². The third kappa shape index (κ3) is 5.79. The van der Waals surface area contributed by atoms with Crippen LogP contribution in [-0.2, 0) is 4.79 Å². The van der Waals surface area contributed by atoms with Crippen molar-refractivity contribution < 1.29 is 19.5 Å². The molecule has 0 fully saturated rings. The molecule has 35 heavy (non-hydrogen) atoms. The normalized spacial score (nSPS) is 11.6. The summed E-state index contributed by atoms with van der Waals surface area (Å²) in [6.45, 7) is 1.78. The van der Waals surface area contributed by atoms with Crippen LogP contribution in [0.2, 0.25) is 5.02 Å². The Morgan fingerprint density at radius 2 is 1.60 bits per heavy atom. The van der Waals surface area contributed by atoms with Gasteiger partial charge in [0.15, 0.2) is 0 Å². The largest absolute Gasteiger partial charge is 0.478 e. The van der Waals surface area contributed by atoms with Crippen molar-refractivity contribution in [1.82, 2.24) is 4.98 Å². The van der Waals surface area contributed by atoms with Gasteiger partial charge in [0.1, 0.15) is 5.82 Å². The lowest BCUT2D eigenvalue weighted by molar-refractivity contribution is -0.115. The standard InChI is InChI=1S/C26H20ClN3O4S/c1-15(24(31)30-22-13-8-17(27)14-28-22)35-19-11-9-18(10-12-19)29-25(32)20-6-2-4-16-5-3-7-21(23(16)20)26(33)34/h2-15H,1H3,(H,29,32)(H,33,34)(H,28,30,31). The van der Waals surface area contributed by atoms with Gasteiger partial charge < -0.3 is 15.7 Å². The molecule has 0 aliphatic heterocycles. The van der Waals surface area contributed by atoms with Crippen LogP contribution in [-0.4, -0.2) is 33.1 Å². The smallest absolute Gasteiger partial charge is 0.336 e. The summed E-state index contributed by atoms with van der Waals surface area (Å²) >= 11 is 7.17. The minimum absolute atomic E-state index is 0.0704. The summed E-state index contributed by atoms with van der Waals surface area (Å²) in [6, 6.07) is 20.3. The second-order valence-corrected chi connectivity index (χ2v) is 9.45. The number of hydrogen-bond donors (Lipinski definition) is 3. The summed E-state index contributed by atoms with van der Waals surface area (Å²) in [6.07, 6.45) is 1.46. The van der Waals surface area contributed by atoms with Gasteiger partial charge in [0.2, 0.25) is 5.91 Å². The molecule has 0 aliphatic rings. The Labute approximate surface area is 210 Å². The van der Waals surface area contributed by atoms with E-state index in [0.717, 1.165) is 4.90 Å². The molecule has 0 aliphatic carbocycles. The van der Waals surface area contributed by atoms with Crippen molar-refractivity contribution in [2.75, 3.05) is 10.6 Å². The summed E-state index contributed by atoms with van der Waals surface area (Å²) in [4.78, 5) is 42.0. The zero-order chi connectivity index (χ0) is 24.9. The Balaban J connectivity index is 1.43. The topological polar surface area (TPSA) is 108 Å². The number of fused-ring (bicyclic) bond motifs is 1. The van der Waals surface area contributed by atoms with E-state index in [1.54, 1.807) is 73.7 Å². The number of aromatic carboxylic acids is 1. The van der Waals surface area contributed by atoms with E-state index in [1.807, 2.05) is 0 Å². The number of nitrogens with zero attached hydrogens (tertiary/aromatic N) is 1. The Morgan fingerprint density at radius 1 is 0.914 bits per heavy atom. The number of thioether (sulfide) groups is 1. The van der Waals surface area contributed by atoms with Crippen molar-refractivity contribution in [3.05, 3.63) is 95.1 Å². The number of carbonyl (C=O) groups excluding carboxylic acids is 2. The number of pyridine rings is 1. The highest BCUT2D eigenvalue weighted by atomic mass is 35.5. The molecule has 1 aromatic heterocycles. The maximum atomic E-state index is 13.0. The highest BCUT2D eigenvalue weighted by molar-refractivity contribution is 8.00. The van der Waals surface area contributed by atoms with E-state index in [4.69, 9.17) is 11.6 Å². The second kappa shape index (κ2) is 10.6. The Kier molecular flexibility index (Phi) is 7.33. The van der Waals surface area contributed by atoms with Crippen LogP contribution < -0.4 is 10.6 Å². The fraction of sp³-hybridized carbons (Fsp3) is 0.0769. The fourth-order valence-corrected chi connectivity index (χ4v) is 4.44. The lowest BCUT2D eigenvalue weighted by Gasteiger charge is -2.13. The number of amides is 2. The average Bonchev–Trinajstić information content (AvgIpc) is 2.85. The molecule has 0 saturated carbocycles. The van der Waals surface area contributed by atoms with Gasteiger partial charge in [-0.25, -0.2) is 9.78 Å². The van der Waals surface area contributed by atoms with Gasteiger partial charge >= 0.3 is 5.97 Å². The number of carboxylic acids is 1. The van der Waals surface area contributed by atoms with Crippen molar-refractivity contribution >= 4 is 63.4 Å². The number of hydrogen-bond acceptors (Lipinski definition) is 5. The van der Waals surface area contributed by atoms with Gasteiger partial charge in [0, 0.05) is 27.7 Å². The van der Waals surface area contributed by atoms with Crippen molar-refractivity contribution in [2.45, 2.75) is 17.1 Å². The van der Waals surface area contributed by atoms with Crippen LogP contribution in [0.1, 0.15) is 27.6 Å². The number of nitrogens with one attached hydrogen (secondary N) is 2. The van der Waals surface area contributed by atoms with Crippen LogP contribution in [0.5, 0.6) is 0 Å². The minimum Gasteiger partial charge on any atom is -0.478 e. The highest BCUT2D eigenvalue weighted by Gasteiger charge is 2.18. The lowest BCUT2D eigenvalue weighted by Crippen LogP contribution is -2.22. The molecular weight excluding hydrogens is 486 g/mol. The van der Waals surface area contributed by atoms with Gasteiger partial charge in [-0.1, -0.05) is 35.9 Å². The monoisotopic (exact) mass is 505 g/mol. The molecule has 176 valence electrons. The Bertz CT molecular complexity index is 1400. The van der Waals surface area contributed by atoms with Crippen molar-refractivity contribution in [3.63, 3.8) is 0 Å². The summed E-state index contributed by atoms with van der Waals surface area (Å²) in [5, 5.41) is 16.3. The predicted octanol–water partition coefficient (Wildman–Crippen LogP) is 5.96. The van der Waals surface area contributed by atoms with E-state index in [1.165, 1.54) is 24.0 Å². The molecular formula is C26H20ClN3O4S. The third-order valence-electron chi connectivity index (χ3n) is 5.15. The molecule has 1 atom stereocenters. The van der Waals surface area contributed by atoms with Crippen LogP contribution in [0.15, 0.2) is 83.9 Å². The number of carbonyl (C=O) groups is 3. The maximum Gasteiger partial charge on any atom is 0.336 e. The third-order valence-corrected chi connectivity index (χ3v) is 6.49. The molecule has 4 aromatic rings. The minimum atomic E-state index is -1.10. The van der Waals surface area contributed by atoms with E-state index >= 15 is 0 Å². The molecule has 1 unspecified atom stereocenters. The van der Waals surface area contributed by atoms with E-state index in [-0.39, 0.29) is 17.0 Å². The van der Waals surface area contributed by atoms with Crippen molar-refractivity contribution in [2.24, 2.45) is 0 Å². The first-order valence-corrected chi connectivity index (χ1v) is 11.8. The van der Waals surface area contributed by atoms with Gasteiger partial charge in [-0.05, 0) is 60.8 Å². The molecule has 0 radical (unpaired) electrons. The van der Waals surface area contributed by atoms with Gasteiger partial charge in [0.25, 0.3) is 5.91 Å². The summed E-state index contributed by atoms with van der Waals surface area (Å²) < 4.78 is 0. The SMILES string of the molecule is CC(Sc1ccc(NC(=O)c2cccc3cccc(C(=O)O)c23)cc1)C(=O)Nc1ccc(Cl)cn1. The number of halogens is 1. The fourth-order valence-electron chi connectivity index (χ4n) is 3.46. The van der Waals surface area contributed by atoms with E-state index in [0.29, 0.717) is 27.3 Å². The molecule has 4 rings (SSSR count). The molecule has 7 nitrogen and oxygen atoms in total. The zero-order valence-corrected chi connectivity index (χ0v) is 20.1. The van der Waals surface area contributed by atoms with Gasteiger partial charge in [-0.15, -0.1) is 11.8 Å². The summed E-state index contributed by atoms with van der Waals surface area (Å²) in [5.41, 5.74) is 0.896. The first-order valence-electron chi connectivity index (χ1n) is 10.6. The number of rotatable bonds is 7. The lowest BCUT2D eigenvalue weighted by atomic mass is 9.98. The second-order valence-electron chi connectivity index (χ2n) is 7.60. The van der Waals surface area contributed by atoms with Crippen LogP contribution in [0.3, 0.4) is 0 Å². The van der Waals surface area contributed by atoms with E-state index < -0.39 is 17.1 Å². The molecule has 3 N–H and O–H groups in total. The molecule has 0 bridgehead atoms. The first kappa shape index (κ1) is 24.3. The van der Waals surface area contributed by atoms with Crippen molar-refractivity contribution in [3.8, 4) is 0 Å². The van der Waals surface area contributed by atoms with Gasteiger partial charge in [-0.3, -0.25) is 9.59 Å². The quantitative estimate of drug-likeness (QED) is 0.267. The summed E-state index contributed by atoms with van der Waals surface area (Å²) in [7, 11) is 0.